The van der Waals surface area contributed by atoms with Crippen molar-refractivity contribution < 1.29 is 8.42 Å². The number of aromatic nitrogens is 2. The lowest BCUT2D eigenvalue weighted by Gasteiger charge is -2.04. The predicted molar refractivity (Wildman–Crippen MR) is 71.0 cm³/mol. The minimum absolute atomic E-state index is 0.133. The Hall–Kier alpha value is -1.53. The molecule has 0 fully saturated rings. The summed E-state index contributed by atoms with van der Waals surface area (Å²) in [7, 11) is -2.91. The molecule has 0 unspecified atom stereocenters. The van der Waals surface area contributed by atoms with Crippen LogP contribution in [0.1, 0.15) is 5.69 Å². The number of sulfone groups is 1. The van der Waals surface area contributed by atoms with Gasteiger partial charge in [-0.1, -0.05) is 12.1 Å². The molecule has 0 spiro atoms. The Morgan fingerprint density at radius 1 is 1.22 bits per heavy atom. The molecular formula is C12H15N3O2S. The van der Waals surface area contributed by atoms with Crippen LogP contribution in [0.25, 0.3) is 11.0 Å². The van der Waals surface area contributed by atoms with Gasteiger partial charge in [0.25, 0.3) is 0 Å². The van der Waals surface area contributed by atoms with Gasteiger partial charge in [0, 0.05) is 19.3 Å². The van der Waals surface area contributed by atoms with Crippen LogP contribution >= 0.6 is 0 Å². The molecule has 1 aromatic carbocycles. The lowest BCUT2D eigenvalue weighted by Crippen LogP contribution is -2.22. The Morgan fingerprint density at radius 2 is 1.94 bits per heavy atom. The molecule has 1 aromatic heterocycles. The summed E-state index contributed by atoms with van der Waals surface area (Å²) in [4.78, 5) is 8.72. The van der Waals surface area contributed by atoms with Crippen LogP contribution in [0.5, 0.6) is 0 Å². The normalized spacial score (nSPS) is 11.8. The van der Waals surface area contributed by atoms with E-state index in [4.69, 9.17) is 0 Å². The Balaban J connectivity index is 1.96. The topological polar surface area (TPSA) is 72.0 Å². The van der Waals surface area contributed by atoms with E-state index in [1.807, 2.05) is 24.3 Å². The fourth-order valence-corrected chi connectivity index (χ4v) is 2.07. The van der Waals surface area contributed by atoms with Crippen LogP contribution in [0.15, 0.2) is 30.5 Å². The van der Waals surface area contributed by atoms with Gasteiger partial charge in [-0.2, -0.15) is 0 Å². The molecule has 0 aliphatic heterocycles. The third-order valence-electron chi connectivity index (χ3n) is 2.45. The number of nitrogens with one attached hydrogen (secondary N) is 1. The molecule has 0 saturated carbocycles. The van der Waals surface area contributed by atoms with Crippen LogP contribution in [0.3, 0.4) is 0 Å². The molecule has 2 rings (SSSR count). The molecular weight excluding hydrogens is 250 g/mol. The summed E-state index contributed by atoms with van der Waals surface area (Å²) in [5.41, 5.74) is 2.51. The van der Waals surface area contributed by atoms with Crippen molar-refractivity contribution in [3.05, 3.63) is 36.2 Å². The zero-order valence-corrected chi connectivity index (χ0v) is 10.9. The van der Waals surface area contributed by atoms with Gasteiger partial charge in [0.1, 0.15) is 9.84 Å². The molecule has 0 radical (unpaired) electrons. The number of rotatable bonds is 5. The number of hydrogen-bond acceptors (Lipinski definition) is 5. The number of nitrogens with zero attached hydrogens (tertiary/aromatic N) is 2. The minimum atomic E-state index is -2.91. The SMILES string of the molecule is CS(=O)(=O)CCNCc1cnc2ccccc2n1. The molecule has 0 bridgehead atoms. The van der Waals surface area contributed by atoms with Gasteiger partial charge in [-0.15, -0.1) is 0 Å². The van der Waals surface area contributed by atoms with Crippen molar-refractivity contribution in [2.45, 2.75) is 6.54 Å². The van der Waals surface area contributed by atoms with Crippen LogP contribution in [-0.2, 0) is 16.4 Å². The summed E-state index contributed by atoms with van der Waals surface area (Å²) in [6, 6.07) is 7.64. The van der Waals surface area contributed by atoms with Gasteiger partial charge in [-0.25, -0.2) is 13.4 Å². The van der Waals surface area contributed by atoms with E-state index in [-0.39, 0.29) is 5.75 Å². The third kappa shape index (κ3) is 3.75. The quantitative estimate of drug-likeness (QED) is 0.808. The van der Waals surface area contributed by atoms with Crippen molar-refractivity contribution in [2.75, 3.05) is 18.6 Å². The van der Waals surface area contributed by atoms with Gasteiger partial charge in [-0.3, -0.25) is 4.98 Å². The van der Waals surface area contributed by atoms with E-state index in [0.717, 1.165) is 16.7 Å². The zero-order chi connectivity index (χ0) is 13.0. The highest BCUT2D eigenvalue weighted by Gasteiger charge is 2.02. The van der Waals surface area contributed by atoms with E-state index < -0.39 is 9.84 Å². The predicted octanol–water partition coefficient (Wildman–Crippen LogP) is 0.764. The van der Waals surface area contributed by atoms with E-state index in [0.29, 0.717) is 13.1 Å². The summed E-state index contributed by atoms with van der Waals surface area (Å²) in [5.74, 6) is 0.133. The van der Waals surface area contributed by atoms with Gasteiger partial charge in [0.2, 0.25) is 0 Å². The molecule has 96 valence electrons. The van der Waals surface area contributed by atoms with E-state index in [1.165, 1.54) is 6.26 Å². The van der Waals surface area contributed by atoms with Crippen molar-refractivity contribution in [1.29, 1.82) is 0 Å². The molecule has 0 amide bonds. The van der Waals surface area contributed by atoms with Gasteiger partial charge in [0.05, 0.1) is 28.7 Å². The zero-order valence-electron chi connectivity index (χ0n) is 10.1. The van der Waals surface area contributed by atoms with E-state index in [9.17, 15) is 8.42 Å². The number of para-hydroxylation sites is 2. The molecule has 0 aliphatic carbocycles. The van der Waals surface area contributed by atoms with Crippen LogP contribution in [-0.4, -0.2) is 36.9 Å². The van der Waals surface area contributed by atoms with Crippen LogP contribution in [0, 0.1) is 0 Å². The van der Waals surface area contributed by atoms with E-state index in [1.54, 1.807) is 6.20 Å². The Kier molecular flexibility index (Phi) is 3.88. The molecule has 0 saturated heterocycles. The van der Waals surface area contributed by atoms with Crippen molar-refractivity contribution in [3.63, 3.8) is 0 Å². The summed E-state index contributed by atoms with van der Waals surface area (Å²) in [6.07, 6.45) is 2.93. The summed E-state index contributed by atoms with van der Waals surface area (Å²) >= 11 is 0. The highest BCUT2D eigenvalue weighted by atomic mass is 32.2. The fraction of sp³-hybridized carbons (Fsp3) is 0.333. The first kappa shape index (κ1) is 12.9. The first-order valence-electron chi connectivity index (χ1n) is 5.64. The second kappa shape index (κ2) is 5.41. The highest BCUT2D eigenvalue weighted by molar-refractivity contribution is 7.90. The van der Waals surface area contributed by atoms with Crippen molar-refractivity contribution in [1.82, 2.24) is 15.3 Å². The average Bonchev–Trinajstić information content (AvgIpc) is 2.33. The molecule has 6 heteroatoms. The first-order valence-corrected chi connectivity index (χ1v) is 7.70. The van der Waals surface area contributed by atoms with E-state index >= 15 is 0 Å². The molecule has 1 N–H and O–H groups in total. The second-order valence-corrected chi connectivity index (χ2v) is 6.42. The second-order valence-electron chi connectivity index (χ2n) is 4.16. The number of benzene rings is 1. The smallest absolute Gasteiger partial charge is 0.148 e. The third-order valence-corrected chi connectivity index (χ3v) is 3.40. The standard InChI is InChI=1S/C12H15N3O2S/c1-18(16,17)7-6-13-8-10-9-14-11-4-2-3-5-12(11)15-10/h2-5,9,13H,6-8H2,1H3. The molecule has 5 nitrogen and oxygen atoms in total. The highest BCUT2D eigenvalue weighted by Crippen LogP contribution is 2.07. The maximum absolute atomic E-state index is 10.9. The minimum Gasteiger partial charge on any atom is -0.310 e. The van der Waals surface area contributed by atoms with Gasteiger partial charge in [-0.05, 0) is 12.1 Å². The van der Waals surface area contributed by atoms with Crippen LogP contribution in [0.2, 0.25) is 0 Å². The number of fused-ring (bicyclic) bond motifs is 1. The lowest BCUT2D eigenvalue weighted by molar-refractivity contribution is 0.596. The van der Waals surface area contributed by atoms with Gasteiger partial charge >= 0.3 is 0 Å². The molecule has 0 aliphatic rings. The maximum atomic E-state index is 10.9. The van der Waals surface area contributed by atoms with Crippen molar-refractivity contribution >= 4 is 20.9 Å². The molecule has 0 atom stereocenters. The molecule has 18 heavy (non-hydrogen) atoms. The Morgan fingerprint density at radius 3 is 2.67 bits per heavy atom. The average molecular weight is 265 g/mol. The maximum Gasteiger partial charge on any atom is 0.148 e. The van der Waals surface area contributed by atoms with Crippen LogP contribution in [0.4, 0.5) is 0 Å². The van der Waals surface area contributed by atoms with Crippen molar-refractivity contribution in [3.8, 4) is 0 Å². The summed E-state index contributed by atoms with van der Waals surface area (Å²) in [6.45, 7) is 0.945. The number of hydrogen-bond donors (Lipinski definition) is 1. The lowest BCUT2D eigenvalue weighted by atomic mass is 10.3. The van der Waals surface area contributed by atoms with E-state index in [2.05, 4.69) is 15.3 Å². The monoisotopic (exact) mass is 265 g/mol. The summed E-state index contributed by atoms with van der Waals surface area (Å²) < 4.78 is 21.9. The first-order chi connectivity index (χ1) is 8.54. The fourth-order valence-electron chi connectivity index (χ4n) is 1.55. The molecule has 2 aromatic rings. The van der Waals surface area contributed by atoms with Crippen LogP contribution < -0.4 is 5.32 Å². The Bertz CT molecular complexity index is 641. The van der Waals surface area contributed by atoms with Gasteiger partial charge in [0.15, 0.2) is 0 Å². The summed E-state index contributed by atoms with van der Waals surface area (Å²) in [5, 5.41) is 3.04. The van der Waals surface area contributed by atoms with Gasteiger partial charge < -0.3 is 5.32 Å². The Labute approximate surface area is 106 Å². The largest absolute Gasteiger partial charge is 0.310 e. The molecule has 1 heterocycles. The van der Waals surface area contributed by atoms with Crippen molar-refractivity contribution in [2.24, 2.45) is 0 Å².